The summed E-state index contributed by atoms with van der Waals surface area (Å²) in [5, 5.41) is 0. The van der Waals surface area contributed by atoms with Crippen LogP contribution in [0.3, 0.4) is 0 Å². The number of piperidine rings is 1. The van der Waals surface area contributed by atoms with Gasteiger partial charge in [-0.2, -0.15) is 0 Å². The lowest BCUT2D eigenvalue weighted by molar-refractivity contribution is 0.0660. The van der Waals surface area contributed by atoms with Crippen LogP contribution in [0.5, 0.6) is 0 Å². The lowest BCUT2D eigenvalue weighted by Crippen LogP contribution is -2.45. The number of hydrogen-bond acceptors (Lipinski definition) is 3. The van der Waals surface area contributed by atoms with Crippen molar-refractivity contribution < 1.29 is 4.79 Å². The lowest BCUT2D eigenvalue weighted by atomic mass is 9.92. The van der Waals surface area contributed by atoms with Crippen LogP contribution in [0.25, 0.3) is 0 Å². The zero-order chi connectivity index (χ0) is 13.1. The third kappa shape index (κ3) is 3.09. The van der Waals surface area contributed by atoms with Crippen molar-refractivity contribution in [2.24, 2.45) is 11.7 Å². The number of carbonyl (C=O) groups excluding carboxylic acids is 1. The molecular weight excluding hydrogens is 294 g/mol. The molecular formula is C13H18BrN3O. The van der Waals surface area contributed by atoms with E-state index in [0.29, 0.717) is 11.5 Å². The molecule has 2 N–H and O–H groups in total. The number of halogens is 1. The van der Waals surface area contributed by atoms with Gasteiger partial charge in [-0.3, -0.25) is 9.78 Å². The van der Waals surface area contributed by atoms with E-state index in [1.807, 2.05) is 17.9 Å². The molecule has 0 bridgehead atoms. The van der Waals surface area contributed by atoms with Crippen LogP contribution in [-0.2, 0) is 0 Å². The number of amides is 1. The Balaban J connectivity index is 2.09. The van der Waals surface area contributed by atoms with Crippen molar-refractivity contribution in [3.8, 4) is 0 Å². The highest BCUT2D eigenvalue weighted by Crippen LogP contribution is 2.21. The molecule has 1 aromatic rings. The molecule has 0 saturated carbocycles. The predicted octanol–water partition coefficient (Wildman–Crippen LogP) is 2.04. The van der Waals surface area contributed by atoms with Gasteiger partial charge in [0.1, 0.15) is 0 Å². The van der Waals surface area contributed by atoms with Gasteiger partial charge >= 0.3 is 0 Å². The van der Waals surface area contributed by atoms with E-state index in [-0.39, 0.29) is 11.9 Å². The molecule has 1 aliphatic heterocycles. The van der Waals surface area contributed by atoms with Gasteiger partial charge in [0, 0.05) is 36.0 Å². The lowest BCUT2D eigenvalue weighted by Gasteiger charge is -2.34. The molecule has 5 heteroatoms. The first-order chi connectivity index (χ1) is 8.58. The van der Waals surface area contributed by atoms with E-state index in [9.17, 15) is 4.79 Å². The summed E-state index contributed by atoms with van der Waals surface area (Å²) < 4.78 is 0.828. The van der Waals surface area contributed by atoms with Gasteiger partial charge in [-0.1, -0.05) is 0 Å². The second-order valence-corrected chi connectivity index (χ2v) is 5.82. The highest BCUT2D eigenvalue weighted by molar-refractivity contribution is 9.10. The van der Waals surface area contributed by atoms with Crippen molar-refractivity contribution in [1.29, 1.82) is 0 Å². The summed E-state index contributed by atoms with van der Waals surface area (Å²) >= 11 is 3.34. The minimum absolute atomic E-state index is 0.0501. The molecule has 98 valence electrons. The summed E-state index contributed by atoms with van der Waals surface area (Å²) in [6.45, 7) is 3.58. The summed E-state index contributed by atoms with van der Waals surface area (Å²) in [6.07, 6.45) is 5.43. The molecule has 18 heavy (non-hydrogen) atoms. The smallest absolute Gasteiger partial charge is 0.255 e. The van der Waals surface area contributed by atoms with Crippen molar-refractivity contribution in [2.75, 3.05) is 13.1 Å². The number of rotatable bonds is 2. The maximum absolute atomic E-state index is 12.3. The number of pyridine rings is 1. The Labute approximate surface area is 116 Å². The fourth-order valence-electron chi connectivity index (χ4n) is 2.33. The number of nitrogens with zero attached hydrogens (tertiary/aromatic N) is 2. The minimum atomic E-state index is 0.0501. The van der Waals surface area contributed by atoms with Crippen LogP contribution < -0.4 is 5.73 Å². The van der Waals surface area contributed by atoms with E-state index in [1.165, 1.54) is 0 Å². The summed E-state index contributed by atoms with van der Waals surface area (Å²) in [6, 6.07) is 1.95. The van der Waals surface area contributed by atoms with Crippen LogP contribution >= 0.6 is 15.9 Å². The summed E-state index contributed by atoms with van der Waals surface area (Å²) in [5.74, 6) is 0.456. The molecule has 1 aliphatic rings. The molecule has 2 atom stereocenters. The average Bonchev–Trinajstić information content (AvgIpc) is 2.38. The van der Waals surface area contributed by atoms with Gasteiger partial charge in [-0.25, -0.2) is 0 Å². The van der Waals surface area contributed by atoms with Gasteiger partial charge in [0.15, 0.2) is 0 Å². The SMILES string of the molecule is CC(N)C1CCCN(C(=O)c2cncc(Br)c2)C1. The molecule has 4 nitrogen and oxygen atoms in total. The van der Waals surface area contributed by atoms with E-state index in [0.717, 1.165) is 30.4 Å². The zero-order valence-corrected chi connectivity index (χ0v) is 12.1. The van der Waals surface area contributed by atoms with Crippen LogP contribution in [0.15, 0.2) is 22.9 Å². The Morgan fingerprint density at radius 1 is 1.61 bits per heavy atom. The van der Waals surface area contributed by atoms with Crippen LogP contribution in [0.4, 0.5) is 0 Å². The van der Waals surface area contributed by atoms with E-state index in [1.54, 1.807) is 12.4 Å². The Morgan fingerprint density at radius 3 is 3.06 bits per heavy atom. The zero-order valence-electron chi connectivity index (χ0n) is 10.5. The van der Waals surface area contributed by atoms with Crippen LogP contribution in [0.1, 0.15) is 30.1 Å². The largest absolute Gasteiger partial charge is 0.338 e. The Morgan fingerprint density at radius 2 is 2.39 bits per heavy atom. The monoisotopic (exact) mass is 311 g/mol. The number of carbonyl (C=O) groups is 1. The first-order valence-corrected chi connectivity index (χ1v) is 7.02. The molecule has 2 unspecified atom stereocenters. The minimum Gasteiger partial charge on any atom is -0.338 e. The van der Waals surface area contributed by atoms with Gasteiger partial charge in [0.05, 0.1) is 5.56 Å². The van der Waals surface area contributed by atoms with Crippen LogP contribution in [0, 0.1) is 5.92 Å². The Hall–Kier alpha value is -0.940. The second-order valence-electron chi connectivity index (χ2n) is 4.90. The van der Waals surface area contributed by atoms with Crippen molar-refractivity contribution in [1.82, 2.24) is 9.88 Å². The van der Waals surface area contributed by atoms with E-state index in [2.05, 4.69) is 20.9 Å². The molecule has 0 radical (unpaired) electrons. The van der Waals surface area contributed by atoms with E-state index in [4.69, 9.17) is 5.73 Å². The molecule has 1 aromatic heterocycles. The highest BCUT2D eigenvalue weighted by atomic mass is 79.9. The third-order valence-corrected chi connectivity index (χ3v) is 3.87. The summed E-state index contributed by atoms with van der Waals surface area (Å²) in [7, 11) is 0. The van der Waals surface area contributed by atoms with Crippen LogP contribution in [-0.4, -0.2) is 34.9 Å². The maximum atomic E-state index is 12.3. The van der Waals surface area contributed by atoms with E-state index >= 15 is 0 Å². The topological polar surface area (TPSA) is 59.2 Å². The first-order valence-electron chi connectivity index (χ1n) is 6.23. The molecule has 0 aliphatic carbocycles. The van der Waals surface area contributed by atoms with Crippen LogP contribution in [0.2, 0.25) is 0 Å². The molecule has 1 amide bonds. The van der Waals surface area contributed by atoms with E-state index < -0.39 is 0 Å². The highest BCUT2D eigenvalue weighted by Gasteiger charge is 2.26. The number of nitrogens with two attached hydrogens (primary N) is 1. The molecule has 0 aromatic carbocycles. The first kappa shape index (κ1) is 13.5. The van der Waals surface area contributed by atoms with Crippen molar-refractivity contribution in [2.45, 2.75) is 25.8 Å². The second kappa shape index (κ2) is 5.80. The number of hydrogen-bond donors (Lipinski definition) is 1. The molecule has 1 fully saturated rings. The normalized spacial score (nSPS) is 21.7. The van der Waals surface area contributed by atoms with Gasteiger partial charge in [0.2, 0.25) is 0 Å². The predicted molar refractivity (Wildman–Crippen MR) is 74.2 cm³/mol. The van der Waals surface area contributed by atoms with Crippen molar-refractivity contribution in [3.05, 3.63) is 28.5 Å². The molecule has 2 rings (SSSR count). The van der Waals surface area contributed by atoms with Gasteiger partial charge in [-0.15, -0.1) is 0 Å². The van der Waals surface area contributed by atoms with Crippen molar-refractivity contribution >= 4 is 21.8 Å². The number of aromatic nitrogens is 1. The fourth-order valence-corrected chi connectivity index (χ4v) is 2.70. The van der Waals surface area contributed by atoms with Gasteiger partial charge < -0.3 is 10.6 Å². The molecule has 2 heterocycles. The maximum Gasteiger partial charge on any atom is 0.255 e. The standard InChI is InChI=1S/C13H18BrN3O/c1-9(15)10-3-2-4-17(8-10)13(18)11-5-12(14)7-16-6-11/h5-7,9-10H,2-4,8,15H2,1H3. The van der Waals surface area contributed by atoms with Gasteiger partial charge in [-0.05, 0) is 47.7 Å². The molecule has 1 saturated heterocycles. The summed E-state index contributed by atoms with van der Waals surface area (Å²) in [4.78, 5) is 18.3. The quantitative estimate of drug-likeness (QED) is 0.909. The van der Waals surface area contributed by atoms with Crippen molar-refractivity contribution in [3.63, 3.8) is 0 Å². The van der Waals surface area contributed by atoms with Gasteiger partial charge in [0.25, 0.3) is 5.91 Å². The summed E-state index contributed by atoms with van der Waals surface area (Å²) in [5.41, 5.74) is 6.57. The Kier molecular flexibility index (Phi) is 4.35. The average molecular weight is 312 g/mol. The Bertz CT molecular complexity index is 436. The molecule has 0 spiro atoms. The fraction of sp³-hybridized carbons (Fsp3) is 0.538. The third-order valence-electron chi connectivity index (χ3n) is 3.44. The number of likely N-dealkylation sites (tertiary alicyclic amines) is 1.